The Morgan fingerprint density at radius 1 is 1.35 bits per heavy atom. The quantitative estimate of drug-likeness (QED) is 0.609. The third-order valence-electron chi connectivity index (χ3n) is 3.16. The second-order valence-corrected chi connectivity index (χ2v) is 4.62. The Balaban J connectivity index is 2.75. The fourth-order valence-electron chi connectivity index (χ4n) is 2.48. The molecule has 86 valence electrons. The van der Waals surface area contributed by atoms with E-state index in [2.05, 4.69) is 4.98 Å². The first-order valence-electron chi connectivity index (χ1n) is 5.36. The van der Waals surface area contributed by atoms with Gasteiger partial charge in [0.1, 0.15) is 5.15 Å². The highest BCUT2D eigenvalue weighted by Gasteiger charge is 2.13. The molecule has 3 aromatic rings. The van der Waals surface area contributed by atoms with Crippen molar-refractivity contribution >= 4 is 33.4 Å². The van der Waals surface area contributed by atoms with Gasteiger partial charge in [-0.05, 0) is 25.1 Å². The molecule has 2 aromatic heterocycles. The van der Waals surface area contributed by atoms with Gasteiger partial charge in [0.2, 0.25) is 0 Å². The van der Waals surface area contributed by atoms with Crippen LogP contribution in [0.25, 0.3) is 21.8 Å². The molecule has 0 saturated heterocycles. The zero-order valence-electron chi connectivity index (χ0n) is 9.54. The molecule has 0 aliphatic carbocycles. The number of nitrogens with one attached hydrogen (secondary N) is 1. The summed E-state index contributed by atoms with van der Waals surface area (Å²) in [6, 6.07) is 7.13. The molecule has 0 aliphatic rings. The lowest BCUT2D eigenvalue weighted by Gasteiger charge is -2.02. The Morgan fingerprint density at radius 3 is 2.88 bits per heavy atom. The van der Waals surface area contributed by atoms with Crippen molar-refractivity contribution in [2.75, 3.05) is 0 Å². The average Bonchev–Trinajstić information content (AvgIpc) is 2.54. The summed E-state index contributed by atoms with van der Waals surface area (Å²) in [4.78, 5) is 15.0. The maximum atomic E-state index is 12.0. The van der Waals surface area contributed by atoms with Gasteiger partial charge in [0.15, 0.2) is 5.43 Å². The summed E-state index contributed by atoms with van der Waals surface area (Å²) in [7, 11) is 1.96. The monoisotopic (exact) mass is 246 g/mol. The fraction of sp³-hybridized carbons (Fsp3) is 0.154. The molecule has 0 bridgehead atoms. The Hall–Kier alpha value is -1.74. The average molecular weight is 247 g/mol. The van der Waals surface area contributed by atoms with Crippen LogP contribution in [0.2, 0.25) is 5.15 Å². The predicted octanol–water partition coefficient (Wildman–Crippen LogP) is 2.98. The second kappa shape index (κ2) is 3.37. The lowest BCUT2D eigenvalue weighted by Crippen LogP contribution is -1.97. The minimum Gasteiger partial charge on any atom is -0.348 e. The van der Waals surface area contributed by atoms with Crippen molar-refractivity contribution in [2.45, 2.75) is 6.92 Å². The van der Waals surface area contributed by atoms with Crippen molar-refractivity contribution in [3.8, 4) is 0 Å². The van der Waals surface area contributed by atoms with Crippen LogP contribution in [-0.4, -0.2) is 9.55 Å². The fourth-order valence-corrected chi connectivity index (χ4v) is 2.74. The van der Waals surface area contributed by atoms with E-state index in [9.17, 15) is 4.79 Å². The van der Waals surface area contributed by atoms with Gasteiger partial charge in [-0.3, -0.25) is 4.79 Å². The van der Waals surface area contributed by atoms with Gasteiger partial charge in [-0.2, -0.15) is 0 Å². The number of hydrogen-bond donors (Lipinski definition) is 1. The lowest BCUT2D eigenvalue weighted by atomic mass is 10.1. The van der Waals surface area contributed by atoms with Crippen LogP contribution in [0.5, 0.6) is 0 Å². The van der Waals surface area contributed by atoms with Gasteiger partial charge in [-0.15, -0.1) is 0 Å². The molecule has 17 heavy (non-hydrogen) atoms. The maximum absolute atomic E-state index is 12.0. The molecular formula is C13H11ClN2O. The van der Waals surface area contributed by atoms with Crippen LogP contribution >= 0.6 is 11.6 Å². The van der Waals surface area contributed by atoms with E-state index >= 15 is 0 Å². The standard InChI is InChI=1S/C13H11ClN2O/c1-7-13-8(6-11(14)15-7)12-9(16(13)2)4-3-5-10(12)17/h3-6,15H,1-2H3. The first kappa shape index (κ1) is 10.4. The van der Waals surface area contributed by atoms with Crippen LogP contribution in [0.1, 0.15) is 5.69 Å². The lowest BCUT2D eigenvalue weighted by molar-refractivity contribution is 0.997. The summed E-state index contributed by atoms with van der Waals surface area (Å²) < 4.78 is 2.02. The molecule has 0 radical (unpaired) electrons. The number of rotatable bonds is 0. The van der Waals surface area contributed by atoms with E-state index < -0.39 is 0 Å². The third kappa shape index (κ3) is 1.32. The normalized spacial score (nSPS) is 11.5. The Kier molecular flexibility index (Phi) is 2.07. The van der Waals surface area contributed by atoms with Crippen molar-refractivity contribution in [3.63, 3.8) is 0 Å². The SMILES string of the molecule is Cc1[nH]c(Cl)cc2c3c(=O)cccc3n(C)c12. The van der Waals surface area contributed by atoms with E-state index in [1.54, 1.807) is 12.1 Å². The van der Waals surface area contributed by atoms with Gasteiger partial charge in [-0.1, -0.05) is 17.7 Å². The van der Waals surface area contributed by atoms with Crippen LogP contribution in [-0.2, 0) is 7.05 Å². The smallest absolute Gasteiger partial charge is 0.188 e. The van der Waals surface area contributed by atoms with Crippen LogP contribution < -0.4 is 5.43 Å². The highest BCUT2D eigenvalue weighted by atomic mass is 35.5. The Morgan fingerprint density at radius 2 is 2.12 bits per heavy atom. The van der Waals surface area contributed by atoms with E-state index in [1.165, 1.54) is 0 Å². The van der Waals surface area contributed by atoms with Crippen molar-refractivity contribution in [3.05, 3.63) is 45.3 Å². The van der Waals surface area contributed by atoms with E-state index in [0.29, 0.717) is 5.15 Å². The van der Waals surface area contributed by atoms with Crippen molar-refractivity contribution in [2.24, 2.45) is 7.05 Å². The number of benzene rings is 1. The molecule has 3 rings (SSSR count). The van der Waals surface area contributed by atoms with Gasteiger partial charge in [0.25, 0.3) is 0 Å². The minimum absolute atomic E-state index is 0.0368. The molecule has 0 atom stereocenters. The first-order chi connectivity index (χ1) is 8.09. The van der Waals surface area contributed by atoms with Crippen LogP contribution in [0.15, 0.2) is 29.1 Å². The molecule has 0 saturated carbocycles. The van der Waals surface area contributed by atoms with Crippen LogP contribution in [0.4, 0.5) is 0 Å². The molecule has 0 unspecified atom stereocenters. The van der Waals surface area contributed by atoms with E-state index in [4.69, 9.17) is 11.6 Å². The van der Waals surface area contributed by atoms with Gasteiger partial charge in [0.05, 0.1) is 16.4 Å². The topological polar surface area (TPSA) is 37.8 Å². The summed E-state index contributed by atoms with van der Waals surface area (Å²) in [6.45, 7) is 1.96. The summed E-state index contributed by atoms with van der Waals surface area (Å²) in [5.74, 6) is 0. The van der Waals surface area contributed by atoms with E-state index in [0.717, 1.165) is 27.5 Å². The summed E-state index contributed by atoms with van der Waals surface area (Å²) in [5.41, 5.74) is 2.96. The predicted molar refractivity (Wildman–Crippen MR) is 70.8 cm³/mol. The molecule has 1 aromatic carbocycles. The number of aromatic nitrogens is 2. The summed E-state index contributed by atoms with van der Waals surface area (Å²) in [5, 5.41) is 2.20. The second-order valence-electron chi connectivity index (χ2n) is 4.21. The van der Waals surface area contributed by atoms with Crippen molar-refractivity contribution in [1.29, 1.82) is 0 Å². The minimum atomic E-state index is 0.0368. The number of H-pyrrole nitrogens is 1. The van der Waals surface area contributed by atoms with Crippen LogP contribution in [0.3, 0.4) is 0 Å². The maximum Gasteiger partial charge on any atom is 0.188 e. The van der Waals surface area contributed by atoms with Gasteiger partial charge >= 0.3 is 0 Å². The molecule has 3 nitrogen and oxygen atoms in total. The van der Waals surface area contributed by atoms with E-state index in [-0.39, 0.29) is 5.43 Å². The van der Waals surface area contributed by atoms with E-state index in [1.807, 2.05) is 30.7 Å². The molecule has 0 aliphatic heterocycles. The first-order valence-corrected chi connectivity index (χ1v) is 5.74. The highest BCUT2D eigenvalue weighted by Crippen LogP contribution is 2.28. The van der Waals surface area contributed by atoms with Crippen molar-refractivity contribution < 1.29 is 0 Å². The number of aromatic amines is 1. The molecular weight excluding hydrogens is 236 g/mol. The Bertz CT molecular complexity index is 798. The largest absolute Gasteiger partial charge is 0.348 e. The van der Waals surface area contributed by atoms with Crippen molar-refractivity contribution in [1.82, 2.24) is 9.55 Å². The summed E-state index contributed by atoms with van der Waals surface area (Å²) >= 11 is 6.02. The van der Waals surface area contributed by atoms with Crippen LogP contribution in [0, 0.1) is 6.92 Å². The molecule has 0 fully saturated rings. The zero-order chi connectivity index (χ0) is 12.2. The number of nitrogens with zero attached hydrogens (tertiary/aromatic N) is 1. The van der Waals surface area contributed by atoms with Gasteiger partial charge < -0.3 is 9.55 Å². The molecule has 0 amide bonds. The van der Waals surface area contributed by atoms with Gasteiger partial charge in [-0.25, -0.2) is 0 Å². The van der Waals surface area contributed by atoms with Gasteiger partial charge in [0, 0.05) is 18.1 Å². The number of aryl methyl sites for hydroxylation is 2. The number of hydrogen-bond acceptors (Lipinski definition) is 1. The summed E-state index contributed by atoms with van der Waals surface area (Å²) in [6.07, 6.45) is 0. The molecule has 2 heterocycles. The molecule has 0 spiro atoms. The number of halogens is 1. The third-order valence-corrected chi connectivity index (χ3v) is 3.36. The number of fused-ring (bicyclic) bond motifs is 3. The molecule has 4 heteroatoms. The highest BCUT2D eigenvalue weighted by molar-refractivity contribution is 6.30. The Labute approximate surface area is 103 Å². The number of pyridine rings is 1. The zero-order valence-corrected chi connectivity index (χ0v) is 10.3. The molecule has 1 N–H and O–H groups in total.